The maximum Gasteiger partial charge on any atom is 0.317 e. The smallest absolute Gasteiger partial charge is 0.317 e. The van der Waals surface area contributed by atoms with E-state index in [4.69, 9.17) is 9.84 Å². The molecule has 0 atom stereocenters. The predicted molar refractivity (Wildman–Crippen MR) is 61.2 cm³/mol. The number of benzene rings is 1. The van der Waals surface area contributed by atoms with Crippen LogP contribution in [-0.2, 0) is 4.79 Å². The molecule has 0 unspecified atom stereocenters. The van der Waals surface area contributed by atoms with Crippen LogP contribution in [0.2, 0.25) is 0 Å². The van der Waals surface area contributed by atoms with Crippen molar-refractivity contribution in [3.05, 3.63) is 29.6 Å². The molecule has 1 aliphatic rings. The fourth-order valence-corrected chi connectivity index (χ4v) is 2.15. The summed E-state index contributed by atoms with van der Waals surface area (Å²) in [6.45, 7) is 0. The van der Waals surface area contributed by atoms with Gasteiger partial charge < -0.3 is 9.84 Å². The minimum absolute atomic E-state index is 0.0320. The lowest BCUT2D eigenvalue weighted by molar-refractivity contribution is -0.150. The van der Waals surface area contributed by atoms with Gasteiger partial charge in [0.1, 0.15) is 5.41 Å². The minimum atomic E-state index is -1.36. The molecule has 0 radical (unpaired) electrons. The number of carbonyl (C=O) groups excluding carboxylic acids is 1. The molecule has 0 heterocycles. The third-order valence-electron chi connectivity index (χ3n) is 3.47. The number of methoxy groups -OCH3 is 1. The van der Waals surface area contributed by atoms with E-state index in [0.717, 1.165) is 6.07 Å². The van der Waals surface area contributed by atoms with Crippen LogP contribution in [0.5, 0.6) is 5.75 Å². The third-order valence-corrected chi connectivity index (χ3v) is 3.47. The number of carboxylic acid groups (broad SMARTS) is 1. The van der Waals surface area contributed by atoms with Crippen LogP contribution in [0.1, 0.15) is 29.6 Å². The number of hydrogen-bond donors (Lipinski definition) is 1. The number of Topliss-reactive ketones (excluding diaryl/α,β-unsaturated/α-hetero) is 1. The summed E-state index contributed by atoms with van der Waals surface area (Å²) in [6.07, 6.45) is 1.33. The number of aliphatic carboxylic acids is 1. The first-order valence-corrected chi connectivity index (χ1v) is 5.63. The average Bonchev–Trinajstić information content (AvgIpc) is 2.26. The van der Waals surface area contributed by atoms with Crippen molar-refractivity contribution in [3.8, 4) is 5.75 Å². The second-order valence-electron chi connectivity index (χ2n) is 4.42. The molecule has 0 saturated heterocycles. The van der Waals surface area contributed by atoms with Gasteiger partial charge in [-0.15, -0.1) is 0 Å². The van der Waals surface area contributed by atoms with Crippen LogP contribution in [0.15, 0.2) is 18.2 Å². The van der Waals surface area contributed by atoms with Gasteiger partial charge in [0.15, 0.2) is 17.3 Å². The second-order valence-corrected chi connectivity index (χ2v) is 4.42. The van der Waals surface area contributed by atoms with Crippen LogP contribution in [0.25, 0.3) is 0 Å². The van der Waals surface area contributed by atoms with Crippen LogP contribution in [0.4, 0.5) is 4.39 Å². The van der Waals surface area contributed by atoms with Crippen LogP contribution in [-0.4, -0.2) is 24.0 Å². The first-order chi connectivity index (χ1) is 8.51. The van der Waals surface area contributed by atoms with E-state index in [9.17, 15) is 14.0 Å². The number of carboxylic acids is 1. The fourth-order valence-electron chi connectivity index (χ4n) is 2.15. The van der Waals surface area contributed by atoms with E-state index in [2.05, 4.69) is 0 Å². The van der Waals surface area contributed by atoms with Crippen LogP contribution < -0.4 is 4.74 Å². The quantitative estimate of drug-likeness (QED) is 0.659. The number of rotatable bonds is 4. The summed E-state index contributed by atoms with van der Waals surface area (Å²) in [5, 5.41) is 9.15. The van der Waals surface area contributed by atoms with Crippen molar-refractivity contribution in [1.29, 1.82) is 0 Å². The van der Waals surface area contributed by atoms with E-state index in [-0.39, 0.29) is 11.3 Å². The van der Waals surface area contributed by atoms with Gasteiger partial charge in [-0.3, -0.25) is 9.59 Å². The zero-order chi connectivity index (χ0) is 13.3. The molecule has 1 saturated carbocycles. The predicted octanol–water partition coefficient (Wildman–Crippen LogP) is 2.27. The van der Waals surface area contributed by atoms with E-state index in [0.29, 0.717) is 19.3 Å². The number of hydrogen-bond acceptors (Lipinski definition) is 3. The molecule has 5 heteroatoms. The summed E-state index contributed by atoms with van der Waals surface area (Å²) in [4.78, 5) is 23.3. The van der Waals surface area contributed by atoms with Gasteiger partial charge in [-0.25, -0.2) is 4.39 Å². The minimum Gasteiger partial charge on any atom is -0.494 e. The summed E-state index contributed by atoms with van der Waals surface area (Å²) >= 11 is 0. The summed E-state index contributed by atoms with van der Waals surface area (Å²) in [6, 6.07) is 3.76. The summed E-state index contributed by atoms with van der Waals surface area (Å²) < 4.78 is 18.2. The van der Waals surface area contributed by atoms with Gasteiger partial charge in [-0.05, 0) is 31.0 Å². The lowest BCUT2D eigenvalue weighted by Crippen LogP contribution is -2.45. The number of carbonyl (C=O) groups is 2. The van der Waals surface area contributed by atoms with E-state index in [1.165, 1.54) is 19.2 Å². The normalized spacial score (nSPS) is 16.8. The van der Waals surface area contributed by atoms with Crippen molar-refractivity contribution < 1.29 is 23.8 Å². The molecule has 1 aromatic carbocycles. The van der Waals surface area contributed by atoms with Gasteiger partial charge in [0, 0.05) is 5.56 Å². The molecule has 0 amide bonds. The molecular weight excluding hydrogens is 239 g/mol. The number of ether oxygens (including phenoxy) is 1. The molecular formula is C13H13FO4. The highest BCUT2D eigenvalue weighted by Crippen LogP contribution is 2.44. The van der Waals surface area contributed by atoms with Crippen molar-refractivity contribution in [2.45, 2.75) is 19.3 Å². The van der Waals surface area contributed by atoms with Crippen LogP contribution >= 0.6 is 0 Å². The topological polar surface area (TPSA) is 63.6 Å². The number of halogens is 1. The van der Waals surface area contributed by atoms with Crippen LogP contribution in [0, 0.1) is 11.2 Å². The Morgan fingerprint density at radius 3 is 2.44 bits per heavy atom. The Kier molecular flexibility index (Phi) is 3.07. The van der Waals surface area contributed by atoms with E-state index >= 15 is 0 Å². The van der Waals surface area contributed by atoms with Crippen molar-refractivity contribution in [2.24, 2.45) is 5.41 Å². The van der Waals surface area contributed by atoms with Gasteiger partial charge in [0.2, 0.25) is 0 Å². The number of ketones is 1. The lowest BCUT2D eigenvalue weighted by Gasteiger charge is -2.35. The Hall–Kier alpha value is -1.91. The maximum atomic E-state index is 13.5. The Balaban J connectivity index is 2.34. The Labute approximate surface area is 103 Å². The average molecular weight is 252 g/mol. The van der Waals surface area contributed by atoms with Crippen molar-refractivity contribution in [2.75, 3.05) is 7.11 Å². The van der Waals surface area contributed by atoms with E-state index in [1.54, 1.807) is 0 Å². The third kappa shape index (κ3) is 1.75. The fraction of sp³-hybridized carbons (Fsp3) is 0.385. The van der Waals surface area contributed by atoms with E-state index in [1.807, 2.05) is 0 Å². The highest BCUT2D eigenvalue weighted by Gasteiger charge is 2.51. The summed E-state index contributed by atoms with van der Waals surface area (Å²) in [5.74, 6) is -2.29. The lowest BCUT2D eigenvalue weighted by atomic mass is 9.64. The Morgan fingerprint density at radius 2 is 2.06 bits per heavy atom. The molecule has 1 aromatic rings. The standard InChI is InChI=1S/C13H13FO4/c1-18-10-4-3-8(7-9(10)14)11(15)13(12(16)17)5-2-6-13/h3-4,7H,2,5-6H2,1H3,(H,16,17). The first kappa shape index (κ1) is 12.5. The molecule has 1 N–H and O–H groups in total. The molecule has 0 aromatic heterocycles. The zero-order valence-electron chi connectivity index (χ0n) is 9.90. The molecule has 0 aliphatic heterocycles. The van der Waals surface area contributed by atoms with Gasteiger partial charge >= 0.3 is 5.97 Å². The molecule has 96 valence electrons. The van der Waals surface area contributed by atoms with Crippen molar-refractivity contribution >= 4 is 11.8 Å². The summed E-state index contributed by atoms with van der Waals surface area (Å²) in [5.41, 5.74) is -1.28. The Morgan fingerprint density at radius 1 is 1.39 bits per heavy atom. The Bertz CT molecular complexity index is 506. The second kappa shape index (κ2) is 4.40. The van der Waals surface area contributed by atoms with Gasteiger partial charge in [-0.1, -0.05) is 6.42 Å². The molecule has 0 bridgehead atoms. The largest absolute Gasteiger partial charge is 0.494 e. The molecule has 1 fully saturated rings. The SMILES string of the molecule is COc1ccc(C(=O)C2(C(=O)O)CCC2)cc1F. The maximum absolute atomic E-state index is 13.5. The molecule has 0 spiro atoms. The first-order valence-electron chi connectivity index (χ1n) is 5.63. The zero-order valence-corrected chi connectivity index (χ0v) is 9.90. The van der Waals surface area contributed by atoms with Gasteiger partial charge in [-0.2, -0.15) is 0 Å². The van der Waals surface area contributed by atoms with E-state index < -0.39 is 23.0 Å². The molecule has 2 rings (SSSR count). The molecule has 4 nitrogen and oxygen atoms in total. The van der Waals surface area contributed by atoms with Gasteiger partial charge in [0.05, 0.1) is 7.11 Å². The molecule has 18 heavy (non-hydrogen) atoms. The van der Waals surface area contributed by atoms with Crippen molar-refractivity contribution in [1.82, 2.24) is 0 Å². The molecule has 1 aliphatic carbocycles. The highest BCUT2D eigenvalue weighted by molar-refractivity contribution is 6.12. The summed E-state index contributed by atoms with van der Waals surface area (Å²) in [7, 11) is 1.32. The van der Waals surface area contributed by atoms with Gasteiger partial charge in [0.25, 0.3) is 0 Å². The highest BCUT2D eigenvalue weighted by atomic mass is 19.1. The van der Waals surface area contributed by atoms with Crippen LogP contribution in [0.3, 0.4) is 0 Å². The monoisotopic (exact) mass is 252 g/mol. The van der Waals surface area contributed by atoms with Crippen molar-refractivity contribution in [3.63, 3.8) is 0 Å².